The van der Waals surface area contributed by atoms with Gasteiger partial charge in [0, 0.05) is 30.4 Å². The van der Waals surface area contributed by atoms with Crippen molar-refractivity contribution < 1.29 is 22.8 Å². The highest BCUT2D eigenvalue weighted by atomic mass is 35.5. The fraction of sp³-hybridized carbons (Fsp3) is 0.158. The van der Waals surface area contributed by atoms with Crippen LogP contribution < -0.4 is 16.3 Å². The smallest absolute Gasteiger partial charge is 0.384 e. The normalized spacial score (nSPS) is 11.3. The molecule has 0 aliphatic carbocycles. The lowest BCUT2D eigenvalue weighted by molar-refractivity contribution is 0.0961. The topological polar surface area (TPSA) is 103 Å². The Balaban J connectivity index is 1.91. The van der Waals surface area contributed by atoms with Crippen LogP contribution in [0.2, 0.25) is 5.02 Å². The molecule has 0 aliphatic rings. The molecule has 1 aromatic heterocycles. The molecule has 0 saturated heterocycles. The predicted molar refractivity (Wildman–Crippen MR) is 110 cm³/mol. The molecular formula is C19H19ClN3O5P. The van der Waals surface area contributed by atoms with Crippen molar-refractivity contribution >= 4 is 36.4 Å². The van der Waals surface area contributed by atoms with Gasteiger partial charge in [-0.25, -0.2) is 0 Å². The summed E-state index contributed by atoms with van der Waals surface area (Å²) in [4.78, 5) is 16.6. The fourth-order valence-corrected chi connectivity index (χ4v) is 3.62. The zero-order chi connectivity index (χ0) is 21.0. The van der Waals surface area contributed by atoms with Crippen LogP contribution in [0.15, 0.2) is 52.9 Å². The maximum atomic E-state index is 12.9. The number of rotatable bonds is 7. The summed E-state index contributed by atoms with van der Waals surface area (Å²) in [6.07, 6.45) is 0. The lowest BCUT2D eigenvalue weighted by Crippen LogP contribution is -2.31. The van der Waals surface area contributed by atoms with Gasteiger partial charge in [-0.2, -0.15) is 4.98 Å². The molecule has 0 fully saturated rings. The third kappa shape index (κ3) is 4.68. The molecule has 3 aromatic rings. The molecule has 152 valence electrons. The van der Waals surface area contributed by atoms with E-state index in [4.69, 9.17) is 25.1 Å². The van der Waals surface area contributed by atoms with Crippen molar-refractivity contribution in [2.45, 2.75) is 6.92 Å². The van der Waals surface area contributed by atoms with Crippen LogP contribution in [0.1, 0.15) is 15.9 Å². The van der Waals surface area contributed by atoms with Crippen LogP contribution in [-0.2, 0) is 13.6 Å². The van der Waals surface area contributed by atoms with Gasteiger partial charge in [0.05, 0.1) is 0 Å². The van der Waals surface area contributed by atoms with Gasteiger partial charge < -0.3 is 13.5 Å². The lowest BCUT2D eigenvalue weighted by atomic mass is 10.1. The van der Waals surface area contributed by atoms with E-state index in [2.05, 4.69) is 15.8 Å². The first-order valence-electron chi connectivity index (χ1n) is 8.48. The highest BCUT2D eigenvalue weighted by Gasteiger charge is 2.34. The summed E-state index contributed by atoms with van der Waals surface area (Å²) in [7, 11) is -1.30. The number of nitrogens with zero attached hydrogens (tertiary/aromatic N) is 1. The summed E-state index contributed by atoms with van der Waals surface area (Å²) >= 11 is 5.91. The summed E-state index contributed by atoms with van der Waals surface area (Å²) in [6, 6.07) is 13.7. The molecule has 3 rings (SSSR count). The van der Waals surface area contributed by atoms with Crippen molar-refractivity contribution in [3.8, 4) is 11.5 Å². The van der Waals surface area contributed by atoms with Crippen LogP contribution in [0.4, 0.5) is 5.88 Å². The number of halogens is 1. The molecule has 0 saturated carbocycles. The van der Waals surface area contributed by atoms with Crippen LogP contribution in [-0.4, -0.2) is 25.1 Å². The second kappa shape index (κ2) is 8.80. The Hall–Kier alpha value is -2.64. The molecule has 0 aliphatic heterocycles. The van der Waals surface area contributed by atoms with Gasteiger partial charge in [-0.1, -0.05) is 29.3 Å². The van der Waals surface area contributed by atoms with Gasteiger partial charge in [-0.3, -0.25) is 20.2 Å². The molecular weight excluding hydrogens is 417 g/mol. The van der Waals surface area contributed by atoms with E-state index in [1.165, 1.54) is 14.2 Å². The summed E-state index contributed by atoms with van der Waals surface area (Å²) in [5, 5.41) is 0.545. The maximum Gasteiger partial charge on any atom is 0.384 e. The van der Waals surface area contributed by atoms with Crippen LogP contribution in [0.5, 0.6) is 0 Å². The highest BCUT2D eigenvalue weighted by Crippen LogP contribution is 2.47. The van der Waals surface area contributed by atoms with Crippen molar-refractivity contribution in [2.24, 2.45) is 0 Å². The maximum absolute atomic E-state index is 12.9. The first kappa shape index (κ1) is 21.1. The van der Waals surface area contributed by atoms with E-state index < -0.39 is 13.5 Å². The van der Waals surface area contributed by atoms with Crippen molar-refractivity contribution in [1.29, 1.82) is 0 Å². The highest BCUT2D eigenvalue weighted by molar-refractivity contribution is 7.62. The number of carbonyl (C=O) groups is 1. The number of aryl methyl sites for hydroxylation is 1. The fourth-order valence-electron chi connectivity index (χ4n) is 2.43. The molecule has 0 atom stereocenters. The van der Waals surface area contributed by atoms with E-state index in [0.717, 1.165) is 5.56 Å². The first-order valence-corrected chi connectivity index (χ1v) is 10.4. The molecule has 1 amide bonds. The third-order valence-corrected chi connectivity index (χ3v) is 6.08. The van der Waals surface area contributed by atoms with E-state index in [1.807, 2.05) is 19.1 Å². The molecule has 0 spiro atoms. The van der Waals surface area contributed by atoms with E-state index in [1.54, 1.807) is 36.4 Å². The van der Waals surface area contributed by atoms with Gasteiger partial charge in [0.15, 0.2) is 0 Å². The second-order valence-corrected chi connectivity index (χ2v) is 8.57. The Morgan fingerprint density at radius 2 is 1.69 bits per heavy atom. The minimum absolute atomic E-state index is 0.0672. The van der Waals surface area contributed by atoms with Gasteiger partial charge in [0.25, 0.3) is 5.91 Å². The van der Waals surface area contributed by atoms with E-state index in [9.17, 15) is 9.36 Å². The first-order chi connectivity index (χ1) is 13.9. The minimum atomic E-state index is -3.76. The standard InChI is InChI=1S/C19H19ClN3O5P/c1-12-4-6-13(7-5-12)16(24)22-23-18-19(29(25,26-2)27-3)21-17(28-18)14-8-10-15(20)11-9-14/h4-11,23H,1-3H3,(H,22,24). The molecule has 2 N–H and O–H groups in total. The molecule has 1 heterocycles. The Labute approximate surface area is 172 Å². The van der Waals surface area contributed by atoms with Crippen LogP contribution in [0.3, 0.4) is 0 Å². The molecule has 0 bridgehead atoms. The van der Waals surface area contributed by atoms with Crippen LogP contribution in [0.25, 0.3) is 11.5 Å². The van der Waals surface area contributed by atoms with Crippen molar-refractivity contribution in [2.75, 3.05) is 19.6 Å². The van der Waals surface area contributed by atoms with E-state index >= 15 is 0 Å². The summed E-state index contributed by atoms with van der Waals surface area (Å²) in [5.74, 6) is -0.328. The Bertz CT molecular complexity index is 1040. The quantitative estimate of drug-likeness (QED) is 0.424. The van der Waals surface area contributed by atoms with E-state index in [-0.39, 0.29) is 17.2 Å². The Morgan fingerprint density at radius 3 is 2.28 bits per heavy atom. The Morgan fingerprint density at radius 1 is 1.07 bits per heavy atom. The minimum Gasteiger partial charge on any atom is -0.418 e. The number of nitrogens with one attached hydrogen (secondary N) is 2. The van der Waals surface area contributed by atoms with E-state index in [0.29, 0.717) is 16.1 Å². The summed E-state index contributed by atoms with van der Waals surface area (Å²) in [5.41, 5.74) is 7.06. The predicted octanol–water partition coefficient (Wildman–Crippen LogP) is 4.17. The molecule has 29 heavy (non-hydrogen) atoms. The number of hydrazine groups is 1. The summed E-state index contributed by atoms with van der Waals surface area (Å²) < 4.78 is 28.6. The number of amides is 1. The van der Waals surface area contributed by atoms with Gasteiger partial charge >= 0.3 is 7.60 Å². The van der Waals surface area contributed by atoms with Crippen molar-refractivity contribution in [1.82, 2.24) is 10.4 Å². The Kier molecular flexibility index (Phi) is 6.39. The monoisotopic (exact) mass is 435 g/mol. The molecule has 2 aromatic carbocycles. The number of carbonyl (C=O) groups excluding carboxylic acids is 1. The summed E-state index contributed by atoms with van der Waals surface area (Å²) in [6.45, 7) is 1.92. The molecule has 10 heteroatoms. The number of anilines is 1. The van der Waals surface area contributed by atoms with Crippen LogP contribution in [0, 0.1) is 6.92 Å². The molecule has 8 nitrogen and oxygen atoms in total. The number of oxazole rings is 1. The average molecular weight is 436 g/mol. The van der Waals surface area contributed by atoms with Gasteiger partial charge in [-0.15, -0.1) is 0 Å². The average Bonchev–Trinajstić information content (AvgIpc) is 3.17. The van der Waals surface area contributed by atoms with Crippen molar-refractivity contribution in [3.63, 3.8) is 0 Å². The van der Waals surface area contributed by atoms with Gasteiger partial charge in [0.2, 0.25) is 17.2 Å². The second-order valence-electron chi connectivity index (χ2n) is 5.99. The number of hydrogen-bond donors (Lipinski definition) is 2. The largest absolute Gasteiger partial charge is 0.418 e. The number of benzene rings is 2. The zero-order valence-electron chi connectivity index (χ0n) is 15.9. The van der Waals surface area contributed by atoms with Gasteiger partial charge in [0.1, 0.15) is 0 Å². The third-order valence-electron chi connectivity index (χ3n) is 4.04. The van der Waals surface area contributed by atoms with Crippen molar-refractivity contribution in [3.05, 3.63) is 64.7 Å². The van der Waals surface area contributed by atoms with Crippen LogP contribution >= 0.6 is 19.2 Å². The SMILES string of the molecule is COP(=O)(OC)c1nc(-c2ccc(Cl)cc2)oc1NNC(=O)c1ccc(C)cc1. The number of aromatic nitrogens is 1. The molecule has 0 unspecified atom stereocenters. The van der Waals surface area contributed by atoms with Gasteiger partial charge in [-0.05, 0) is 43.3 Å². The molecule has 0 radical (unpaired) electrons. The number of hydrogen-bond acceptors (Lipinski definition) is 7. The lowest BCUT2D eigenvalue weighted by Gasteiger charge is -2.12. The zero-order valence-corrected chi connectivity index (χ0v) is 17.6.